The highest BCUT2D eigenvalue weighted by Gasteiger charge is 2.27. The number of hydrogen-bond acceptors (Lipinski definition) is 3. The van der Waals surface area contributed by atoms with Crippen LogP contribution in [0.4, 0.5) is 0 Å². The van der Waals surface area contributed by atoms with Crippen LogP contribution < -0.4 is 5.73 Å². The first-order chi connectivity index (χ1) is 8.06. The average molecular weight is 241 g/mol. The van der Waals surface area contributed by atoms with Gasteiger partial charge in [-0.15, -0.1) is 0 Å². The first-order valence-electron chi connectivity index (χ1n) is 6.77. The molecule has 0 bridgehead atoms. The number of carbonyl (C=O) groups excluding carboxylic acids is 1. The molecule has 1 unspecified atom stereocenters. The lowest BCUT2D eigenvalue weighted by Gasteiger charge is -2.37. The Morgan fingerprint density at radius 3 is 2.82 bits per heavy atom. The molecule has 0 spiro atoms. The summed E-state index contributed by atoms with van der Waals surface area (Å²) in [6.07, 6.45) is 5.23. The molecule has 0 saturated carbocycles. The largest absolute Gasteiger partial charge is 0.340 e. The SMILES string of the molecule is CCCC[C@H](N)C(=O)N1CCCC(N(C)C)C1. The van der Waals surface area contributed by atoms with Gasteiger partial charge >= 0.3 is 0 Å². The molecule has 0 aliphatic carbocycles. The summed E-state index contributed by atoms with van der Waals surface area (Å²) < 4.78 is 0. The second kappa shape index (κ2) is 6.97. The number of likely N-dealkylation sites (tertiary alicyclic amines) is 1. The predicted octanol–water partition coefficient (Wildman–Crippen LogP) is 1.06. The lowest BCUT2D eigenvalue weighted by Crippen LogP contribution is -2.52. The number of amides is 1. The van der Waals surface area contributed by atoms with E-state index in [-0.39, 0.29) is 11.9 Å². The van der Waals surface area contributed by atoms with E-state index < -0.39 is 0 Å². The van der Waals surface area contributed by atoms with Crippen molar-refractivity contribution < 1.29 is 4.79 Å². The van der Waals surface area contributed by atoms with Crippen LogP contribution in [0.1, 0.15) is 39.0 Å². The van der Waals surface area contributed by atoms with E-state index >= 15 is 0 Å². The molecule has 1 aliphatic rings. The highest BCUT2D eigenvalue weighted by atomic mass is 16.2. The number of nitrogens with zero attached hydrogens (tertiary/aromatic N) is 2. The van der Waals surface area contributed by atoms with E-state index in [9.17, 15) is 4.79 Å². The van der Waals surface area contributed by atoms with E-state index in [1.54, 1.807) is 0 Å². The third-order valence-corrected chi connectivity index (χ3v) is 3.62. The summed E-state index contributed by atoms with van der Waals surface area (Å²) >= 11 is 0. The second-order valence-corrected chi connectivity index (χ2v) is 5.29. The maximum absolute atomic E-state index is 12.2. The molecule has 1 heterocycles. The maximum atomic E-state index is 12.2. The minimum absolute atomic E-state index is 0.144. The van der Waals surface area contributed by atoms with Crippen LogP contribution >= 0.6 is 0 Å². The molecule has 17 heavy (non-hydrogen) atoms. The minimum atomic E-state index is -0.295. The fourth-order valence-corrected chi connectivity index (χ4v) is 2.36. The smallest absolute Gasteiger partial charge is 0.239 e. The van der Waals surface area contributed by atoms with Gasteiger partial charge in [-0.1, -0.05) is 19.8 Å². The first-order valence-corrected chi connectivity index (χ1v) is 6.77. The molecule has 2 atom stereocenters. The lowest BCUT2D eigenvalue weighted by atomic mass is 10.0. The van der Waals surface area contributed by atoms with Gasteiger partial charge in [-0.05, 0) is 33.4 Å². The molecule has 1 amide bonds. The van der Waals surface area contributed by atoms with E-state index in [1.807, 2.05) is 4.90 Å². The van der Waals surface area contributed by atoms with Gasteiger partial charge in [0.25, 0.3) is 0 Å². The lowest BCUT2D eigenvalue weighted by molar-refractivity contribution is -0.134. The van der Waals surface area contributed by atoms with Gasteiger partial charge in [0.05, 0.1) is 6.04 Å². The van der Waals surface area contributed by atoms with Crippen LogP contribution in [-0.4, -0.2) is 55.0 Å². The molecule has 100 valence electrons. The van der Waals surface area contributed by atoms with Crippen LogP contribution in [0.3, 0.4) is 0 Å². The molecule has 1 fully saturated rings. The van der Waals surface area contributed by atoms with Crippen molar-refractivity contribution in [1.82, 2.24) is 9.80 Å². The first kappa shape index (κ1) is 14.5. The van der Waals surface area contributed by atoms with Crippen LogP contribution in [0, 0.1) is 0 Å². The van der Waals surface area contributed by atoms with Crippen LogP contribution in [0.25, 0.3) is 0 Å². The van der Waals surface area contributed by atoms with Crippen molar-refractivity contribution in [1.29, 1.82) is 0 Å². The van der Waals surface area contributed by atoms with Crippen LogP contribution in [-0.2, 0) is 4.79 Å². The summed E-state index contributed by atoms with van der Waals surface area (Å²) in [5, 5.41) is 0. The Labute approximate surface area is 105 Å². The zero-order valence-corrected chi connectivity index (χ0v) is 11.5. The minimum Gasteiger partial charge on any atom is -0.340 e. The summed E-state index contributed by atoms with van der Waals surface area (Å²) in [5.41, 5.74) is 5.95. The average Bonchev–Trinajstić information content (AvgIpc) is 2.35. The molecule has 0 aromatic rings. The van der Waals surface area contributed by atoms with Gasteiger partial charge < -0.3 is 15.5 Å². The summed E-state index contributed by atoms with van der Waals surface area (Å²) in [6.45, 7) is 3.84. The summed E-state index contributed by atoms with van der Waals surface area (Å²) in [6, 6.07) is 0.196. The number of likely N-dealkylation sites (N-methyl/N-ethyl adjacent to an activating group) is 1. The molecular formula is C13H27N3O. The molecule has 1 rings (SSSR count). The third-order valence-electron chi connectivity index (χ3n) is 3.62. The number of carbonyl (C=O) groups is 1. The van der Waals surface area contributed by atoms with Crippen molar-refractivity contribution in [2.75, 3.05) is 27.2 Å². The molecule has 0 aromatic carbocycles. The summed E-state index contributed by atoms with van der Waals surface area (Å²) in [5.74, 6) is 0.144. The number of unbranched alkanes of at least 4 members (excludes halogenated alkanes) is 1. The van der Waals surface area contributed by atoms with Gasteiger partial charge in [-0.3, -0.25) is 4.79 Å². The molecule has 4 heteroatoms. The Hall–Kier alpha value is -0.610. The highest BCUT2D eigenvalue weighted by molar-refractivity contribution is 5.81. The van der Waals surface area contributed by atoms with Gasteiger partial charge in [-0.2, -0.15) is 0 Å². The molecule has 2 N–H and O–H groups in total. The fourth-order valence-electron chi connectivity index (χ4n) is 2.36. The second-order valence-electron chi connectivity index (χ2n) is 5.29. The fraction of sp³-hybridized carbons (Fsp3) is 0.923. The monoisotopic (exact) mass is 241 g/mol. The zero-order chi connectivity index (χ0) is 12.8. The van der Waals surface area contributed by atoms with Gasteiger partial charge in [0.1, 0.15) is 0 Å². The van der Waals surface area contributed by atoms with E-state index in [0.717, 1.165) is 38.8 Å². The molecule has 0 radical (unpaired) electrons. The van der Waals surface area contributed by atoms with Crippen LogP contribution in [0.15, 0.2) is 0 Å². The van der Waals surface area contributed by atoms with E-state index in [4.69, 9.17) is 5.73 Å². The van der Waals surface area contributed by atoms with Crippen molar-refractivity contribution in [3.63, 3.8) is 0 Å². The molecule has 1 saturated heterocycles. The van der Waals surface area contributed by atoms with Gasteiger partial charge in [0, 0.05) is 19.1 Å². The Balaban J connectivity index is 2.45. The molecular weight excluding hydrogens is 214 g/mol. The van der Waals surface area contributed by atoms with Crippen molar-refractivity contribution in [3.8, 4) is 0 Å². The maximum Gasteiger partial charge on any atom is 0.239 e. The standard InChI is InChI=1S/C13H27N3O/c1-4-5-8-12(14)13(17)16-9-6-7-11(10-16)15(2)3/h11-12H,4-10,14H2,1-3H3/t11?,12-/m0/s1. The third kappa shape index (κ3) is 4.28. The zero-order valence-electron chi connectivity index (χ0n) is 11.5. The topological polar surface area (TPSA) is 49.6 Å². The number of piperidine rings is 1. The molecule has 1 aliphatic heterocycles. The summed E-state index contributed by atoms with van der Waals surface area (Å²) in [4.78, 5) is 16.3. The number of hydrogen-bond donors (Lipinski definition) is 1. The van der Waals surface area contributed by atoms with Crippen LogP contribution in [0.5, 0.6) is 0 Å². The number of rotatable bonds is 5. The quantitative estimate of drug-likeness (QED) is 0.783. The number of nitrogens with two attached hydrogens (primary N) is 1. The summed E-state index contributed by atoms with van der Waals surface area (Å²) in [7, 11) is 4.16. The normalized spacial score (nSPS) is 22.9. The van der Waals surface area contributed by atoms with Gasteiger partial charge in [-0.25, -0.2) is 0 Å². The van der Waals surface area contributed by atoms with Crippen molar-refractivity contribution >= 4 is 5.91 Å². The van der Waals surface area contributed by atoms with E-state index in [0.29, 0.717) is 6.04 Å². The molecule has 0 aromatic heterocycles. The Bertz CT molecular complexity index is 243. The highest BCUT2D eigenvalue weighted by Crippen LogP contribution is 2.15. The Kier molecular flexibility index (Phi) is 5.92. The van der Waals surface area contributed by atoms with E-state index in [2.05, 4.69) is 25.9 Å². The molecule has 4 nitrogen and oxygen atoms in total. The van der Waals surface area contributed by atoms with Crippen molar-refractivity contribution in [3.05, 3.63) is 0 Å². The van der Waals surface area contributed by atoms with Gasteiger partial charge in [0.2, 0.25) is 5.91 Å². The predicted molar refractivity (Wildman–Crippen MR) is 70.8 cm³/mol. The van der Waals surface area contributed by atoms with E-state index in [1.165, 1.54) is 6.42 Å². The Morgan fingerprint density at radius 1 is 1.53 bits per heavy atom. The van der Waals surface area contributed by atoms with Gasteiger partial charge in [0.15, 0.2) is 0 Å². The van der Waals surface area contributed by atoms with Crippen LogP contribution in [0.2, 0.25) is 0 Å². The van der Waals surface area contributed by atoms with Crippen molar-refractivity contribution in [2.24, 2.45) is 5.73 Å². The Morgan fingerprint density at radius 2 is 2.24 bits per heavy atom. The van der Waals surface area contributed by atoms with Crippen molar-refractivity contribution in [2.45, 2.75) is 51.1 Å².